The van der Waals surface area contributed by atoms with Crippen molar-refractivity contribution in [3.8, 4) is 0 Å². The smallest absolute Gasteiger partial charge is 0.184 e. The molecule has 5 unspecified atom stereocenters. The molecule has 1 aliphatic rings. The number of rotatable bonds is 10. The Kier molecular flexibility index (Phi) is 9.39. The maximum absolute atomic E-state index is 10.4. The van der Waals surface area contributed by atoms with Crippen LogP contribution in [-0.4, -0.2) is 67.3 Å². The SMILES string of the molecule is CCCOCC1OC(O)C(OCCC)C(O)C1OCCC. The van der Waals surface area contributed by atoms with Crippen LogP contribution in [0.2, 0.25) is 0 Å². The number of hydrogen-bond acceptors (Lipinski definition) is 6. The van der Waals surface area contributed by atoms with E-state index >= 15 is 0 Å². The Morgan fingerprint density at radius 2 is 1.43 bits per heavy atom. The molecule has 1 aliphatic heterocycles. The molecule has 0 aromatic heterocycles. The van der Waals surface area contributed by atoms with Crippen LogP contribution < -0.4 is 0 Å². The minimum atomic E-state index is -1.16. The number of aliphatic hydroxyl groups excluding tert-OH is 2. The molecule has 21 heavy (non-hydrogen) atoms. The molecule has 0 aliphatic carbocycles. The third-order valence-electron chi connectivity index (χ3n) is 3.29. The zero-order valence-electron chi connectivity index (χ0n) is 13.4. The summed E-state index contributed by atoms with van der Waals surface area (Å²) >= 11 is 0. The van der Waals surface area contributed by atoms with Crippen LogP contribution in [0.25, 0.3) is 0 Å². The fourth-order valence-electron chi connectivity index (χ4n) is 2.28. The second-order valence-electron chi connectivity index (χ2n) is 5.30. The summed E-state index contributed by atoms with van der Waals surface area (Å²) < 4.78 is 22.2. The lowest BCUT2D eigenvalue weighted by Gasteiger charge is -2.42. The number of aliphatic hydroxyl groups is 2. The predicted octanol–water partition coefficient (Wildman–Crippen LogP) is 1.08. The topological polar surface area (TPSA) is 77.4 Å². The van der Waals surface area contributed by atoms with E-state index in [1.54, 1.807) is 0 Å². The summed E-state index contributed by atoms with van der Waals surface area (Å²) in [6, 6.07) is 0. The van der Waals surface area contributed by atoms with Gasteiger partial charge in [0.15, 0.2) is 6.29 Å². The molecule has 0 aromatic rings. The highest BCUT2D eigenvalue weighted by Crippen LogP contribution is 2.25. The van der Waals surface area contributed by atoms with E-state index in [0.29, 0.717) is 19.8 Å². The molecular formula is C15H30O6. The lowest BCUT2D eigenvalue weighted by molar-refractivity contribution is -0.304. The highest BCUT2D eigenvalue weighted by atomic mass is 16.7. The summed E-state index contributed by atoms with van der Waals surface area (Å²) in [5, 5.41) is 20.5. The molecule has 6 heteroatoms. The molecule has 0 bridgehead atoms. The van der Waals surface area contributed by atoms with Crippen molar-refractivity contribution in [1.29, 1.82) is 0 Å². The molecule has 1 saturated heterocycles. The highest BCUT2D eigenvalue weighted by molar-refractivity contribution is 4.91. The molecule has 0 saturated carbocycles. The zero-order chi connectivity index (χ0) is 15.7. The second kappa shape index (κ2) is 10.5. The summed E-state index contributed by atoms with van der Waals surface area (Å²) in [5.41, 5.74) is 0. The molecule has 6 nitrogen and oxygen atoms in total. The van der Waals surface area contributed by atoms with Crippen molar-refractivity contribution < 1.29 is 29.2 Å². The van der Waals surface area contributed by atoms with E-state index in [1.807, 2.05) is 20.8 Å². The molecule has 1 fully saturated rings. The Balaban J connectivity index is 2.65. The van der Waals surface area contributed by atoms with Crippen LogP contribution in [0.3, 0.4) is 0 Å². The van der Waals surface area contributed by atoms with Crippen LogP contribution in [0, 0.1) is 0 Å². The highest BCUT2D eigenvalue weighted by Gasteiger charge is 2.46. The Hall–Kier alpha value is -0.240. The summed E-state index contributed by atoms with van der Waals surface area (Å²) in [4.78, 5) is 0. The van der Waals surface area contributed by atoms with Gasteiger partial charge >= 0.3 is 0 Å². The quantitative estimate of drug-likeness (QED) is 0.588. The third kappa shape index (κ3) is 5.81. The molecule has 0 amide bonds. The van der Waals surface area contributed by atoms with Gasteiger partial charge in [-0.15, -0.1) is 0 Å². The van der Waals surface area contributed by atoms with Gasteiger partial charge in [-0.3, -0.25) is 0 Å². The van der Waals surface area contributed by atoms with Crippen LogP contribution in [-0.2, 0) is 18.9 Å². The molecular weight excluding hydrogens is 276 g/mol. The largest absolute Gasteiger partial charge is 0.387 e. The maximum Gasteiger partial charge on any atom is 0.184 e. The van der Waals surface area contributed by atoms with Gasteiger partial charge in [-0.2, -0.15) is 0 Å². The van der Waals surface area contributed by atoms with E-state index in [0.717, 1.165) is 19.3 Å². The molecule has 1 heterocycles. The van der Waals surface area contributed by atoms with Gasteiger partial charge in [-0.05, 0) is 19.3 Å². The van der Waals surface area contributed by atoms with Gasteiger partial charge in [0.1, 0.15) is 24.4 Å². The molecule has 126 valence electrons. The maximum atomic E-state index is 10.4. The minimum Gasteiger partial charge on any atom is -0.387 e. The molecule has 0 radical (unpaired) electrons. The van der Waals surface area contributed by atoms with Crippen LogP contribution >= 0.6 is 0 Å². The van der Waals surface area contributed by atoms with Crippen molar-refractivity contribution >= 4 is 0 Å². The first-order chi connectivity index (χ1) is 10.2. The normalized spacial score (nSPS) is 33.3. The van der Waals surface area contributed by atoms with Crippen molar-refractivity contribution in [3.63, 3.8) is 0 Å². The second-order valence-corrected chi connectivity index (χ2v) is 5.30. The monoisotopic (exact) mass is 306 g/mol. The molecule has 0 aromatic carbocycles. The number of ether oxygens (including phenoxy) is 4. The summed E-state index contributed by atoms with van der Waals surface area (Å²) in [6.07, 6.45) is -1.37. The standard InChI is InChI=1S/C15H30O6/c1-4-7-18-10-11-13(19-8-5-2)12(16)14(15(17)21-11)20-9-6-3/h11-17H,4-10H2,1-3H3. The average molecular weight is 306 g/mol. The summed E-state index contributed by atoms with van der Waals surface area (Å²) in [6.45, 7) is 7.86. The van der Waals surface area contributed by atoms with Gasteiger partial charge in [-0.25, -0.2) is 0 Å². The van der Waals surface area contributed by atoms with Crippen LogP contribution in [0.4, 0.5) is 0 Å². The fourth-order valence-corrected chi connectivity index (χ4v) is 2.28. The first kappa shape index (κ1) is 18.8. The Morgan fingerprint density at radius 1 is 0.857 bits per heavy atom. The van der Waals surface area contributed by atoms with E-state index < -0.39 is 30.7 Å². The number of hydrogen-bond donors (Lipinski definition) is 2. The minimum absolute atomic E-state index is 0.289. The third-order valence-corrected chi connectivity index (χ3v) is 3.29. The summed E-state index contributed by atoms with van der Waals surface area (Å²) in [5.74, 6) is 0. The molecule has 0 spiro atoms. The van der Waals surface area contributed by atoms with E-state index in [-0.39, 0.29) is 6.61 Å². The predicted molar refractivity (Wildman–Crippen MR) is 78.1 cm³/mol. The van der Waals surface area contributed by atoms with Crippen LogP contribution in [0.5, 0.6) is 0 Å². The first-order valence-electron chi connectivity index (χ1n) is 7.98. The van der Waals surface area contributed by atoms with Crippen LogP contribution in [0.1, 0.15) is 40.0 Å². The Morgan fingerprint density at radius 3 is 2.00 bits per heavy atom. The van der Waals surface area contributed by atoms with E-state index in [1.165, 1.54) is 0 Å². The van der Waals surface area contributed by atoms with E-state index in [4.69, 9.17) is 18.9 Å². The molecule has 2 N–H and O–H groups in total. The Bertz CT molecular complexity index is 261. The van der Waals surface area contributed by atoms with Gasteiger partial charge in [0.25, 0.3) is 0 Å². The van der Waals surface area contributed by atoms with Crippen molar-refractivity contribution in [1.82, 2.24) is 0 Å². The fraction of sp³-hybridized carbons (Fsp3) is 1.00. The van der Waals surface area contributed by atoms with Gasteiger partial charge < -0.3 is 29.2 Å². The van der Waals surface area contributed by atoms with E-state index in [2.05, 4.69) is 0 Å². The Labute approximate surface area is 127 Å². The van der Waals surface area contributed by atoms with Gasteiger partial charge in [0, 0.05) is 19.8 Å². The first-order valence-corrected chi connectivity index (χ1v) is 7.98. The van der Waals surface area contributed by atoms with Crippen molar-refractivity contribution in [2.75, 3.05) is 26.4 Å². The zero-order valence-corrected chi connectivity index (χ0v) is 13.4. The van der Waals surface area contributed by atoms with E-state index in [9.17, 15) is 10.2 Å². The summed E-state index contributed by atoms with van der Waals surface area (Å²) in [7, 11) is 0. The van der Waals surface area contributed by atoms with Crippen LogP contribution in [0.15, 0.2) is 0 Å². The van der Waals surface area contributed by atoms with Gasteiger partial charge in [-0.1, -0.05) is 20.8 Å². The van der Waals surface area contributed by atoms with Crippen molar-refractivity contribution in [3.05, 3.63) is 0 Å². The lowest BCUT2D eigenvalue weighted by atomic mass is 9.98. The molecule has 5 atom stereocenters. The lowest BCUT2D eigenvalue weighted by Crippen LogP contribution is -2.60. The van der Waals surface area contributed by atoms with Gasteiger partial charge in [0.05, 0.1) is 6.61 Å². The van der Waals surface area contributed by atoms with Crippen molar-refractivity contribution in [2.24, 2.45) is 0 Å². The van der Waals surface area contributed by atoms with Gasteiger partial charge in [0.2, 0.25) is 0 Å². The van der Waals surface area contributed by atoms with Crippen molar-refractivity contribution in [2.45, 2.75) is 70.7 Å². The molecule has 1 rings (SSSR count). The average Bonchev–Trinajstić information content (AvgIpc) is 2.47.